The van der Waals surface area contributed by atoms with Gasteiger partial charge in [0.05, 0.1) is 19.1 Å². The van der Waals surface area contributed by atoms with Crippen LogP contribution in [0.4, 0.5) is 10.1 Å². The number of hydrogen-bond acceptors (Lipinski definition) is 2. The lowest BCUT2D eigenvalue weighted by Gasteiger charge is -2.16. The van der Waals surface area contributed by atoms with Gasteiger partial charge in [0, 0.05) is 10.2 Å². The van der Waals surface area contributed by atoms with Gasteiger partial charge in [-0.15, -0.1) is 0 Å². The van der Waals surface area contributed by atoms with E-state index in [0.29, 0.717) is 10.2 Å². The molecule has 1 aliphatic heterocycles. The number of nitrogens with zero attached hydrogens (tertiary/aromatic N) is 1. The van der Waals surface area contributed by atoms with Crippen molar-refractivity contribution in [2.24, 2.45) is 0 Å². The molecular weight excluding hydrogens is 265 g/mol. The predicted octanol–water partition coefficient (Wildman–Crippen LogP) is 1.69. The van der Waals surface area contributed by atoms with E-state index in [1.165, 1.54) is 17.0 Å². The molecule has 0 bridgehead atoms. The summed E-state index contributed by atoms with van der Waals surface area (Å²) in [5.41, 5.74) is 0.475. The van der Waals surface area contributed by atoms with Gasteiger partial charge in [0.1, 0.15) is 5.82 Å². The minimum absolute atomic E-state index is 0.105. The van der Waals surface area contributed by atoms with E-state index in [4.69, 9.17) is 0 Å². The van der Waals surface area contributed by atoms with Crippen molar-refractivity contribution in [3.8, 4) is 0 Å². The third-order valence-electron chi connectivity index (χ3n) is 2.26. The van der Waals surface area contributed by atoms with Gasteiger partial charge in [-0.25, -0.2) is 4.39 Å². The van der Waals surface area contributed by atoms with Crippen molar-refractivity contribution >= 4 is 27.5 Å². The Balaban J connectivity index is 2.33. The van der Waals surface area contributed by atoms with Gasteiger partial charge in [-0.1, -0.05) is 15.9 Å². The molecule has 1 aromatic carbocycles. The fraction of sp³-hybridized carbons (Fsp3) is 0.300. The highest BCUT2D eigenvalue weighted by Gasteiger charge is 2.29. The van der Waals surface area contributed by atoms with Gasteiger partial charge in [-0.2, -0.15) is 0 Å². The zero-order chi connectivity index (χ0) is 11.0. The van der Waals surface area contributed by atoms with Crippen LogP contribution in [0, 0.1) is 5.82 Å². The molecule has 1 N–H and O–H groups in total. The first-order valence-electron chi connectivity index (χ1n) is 4.51. The molecule has 0 radical (unpaired) electrons. The van der Waals surface area contributed by atoms with Crippen LogP contribution >= 0.6 is 15.9 Å². The molecule has 3 nitrogen and oxygen atoms in total. The van der Waals surface area contributed by atoms with Crippen LogP contribution < -0.4 is 4.90 Å². The van der Waals surface area contributed by atoms with Crippen LogP contribution in [0.1, 0.15) is 6.42 Å². The summed E-state index contributed by atoms with van der Waals surface area (Å²) in [5.74, 6) is -0.589. The normalized spacial score (nSPS) is 21.1. The van der Waals surface area contributed by atoms with Gasteiger partial charge >= 0.3 is 0 Å². The molecular formula is C10H9BrFNO2. The lowest BCUT2D eigenvalue weighted by Crippen LogP contribution is -2.25. The highest BCUT2D eigenvalue weighted by Crippen LogP contribution is 2.26. The van der Waals surface area contributed by atoms with Crippen LogP contribution in [0.15, 0.2) is 22.7 Å². The topological polar surface area (TPSA) is 40.5 Å². The van der Waals surface area contributed by atoms with Crippen LogP contribution in [0.25, 0.3) is 0 Å². The van der Waals surface area contributed by atoms with Gasteiger partial charge in [0.15, 0.2) is 0 Å². The molecule has 1 heterocycles. The van der Waals surface area contributed by atoms with Crippen molar-refractivity contribution in [2.45, 2.75) is 12.5 Å². The Bertz CT molecular complexity index is 390. The molecule has 0 saturated carbocycles. The number of aliphatic hydroxyl groups excluding tert-OH is 1. The Hall–Kier alpha value is -0.940. The summed E-state index contributed by atoms with van der Waals surface area (Å²) >= 11 is 3.15. The van der Waals surface area contributed by atoms with E-state index in [-0.39, 0.29) is 18.9 Å². The Labute approximate surface area is 94.6 Å². The molecule has 1 unspecified atom stereocenters. The van der Waals surface area contributed by atoms with Gasteiger partial charge in [0.25, 0.3) is 0 Å². The Morgan fingerprint density at radius 3 is 2.73 bits per heavy atom. The van der Waals surface area contributed by atoms with Gasteiger partial charge < -0.3 is 10.0 Å². The molecule has 2 rings (SSSR count). The average molecular weight is 274 g/mol. The van der Waals surface area contributed by atoms with Crippen LogP contribution in [0.3, 0.4) is 0 Å². The number of amides is 1. The van der Waals surface area contributed by atoms with Gasteiger partial charge in [-0.3, -0.25) is 4.79 Å². The summed E-state index contributed by atoms with van der Waals surface area (Å²) in [4.78, 5) is 12.8. The van der Waals surface area contributed by atoms with Crippen molar-refractivity contribution < 1.29 is 14.3 Å². The number of carbonyl (C=O) groups is 1. The quantitative estimate of drug-likeness (QED) is 0.846. The molecule has 0 aromatic heterocycles. The first kappa shape index (κ1) is 10.6. The molecule has 1 aromatic rings. The van der Waals surface area contributed by atoms with E-state index in [1.54, 1.807) is 6.07 Å². The number of anilines is 1. The monoisotopic (exact) mass is 273 g/mol. The molecule has 1 amide bonds. The summed E-state index contributed by atoms with van der Waals surface area (Å²) in [6, 6.07) is 4.25. The number of hydrogen-bond donors (Lipinski definition) is 1. The summed E-state index contributed by atoms with van der Waals surface area (Å²) in [6.07, 6.45) is -0.548. The number of aliphatic hydroxyl groups is 1. The van der Waals surface area contributed by atoms with Crippen LogP contribution in [-0.2, 0) is 4.79 Å². The number of β-amino-alcohol motifs (C(OH)–C–C–N with tert-alkyl or cyclic N) is 1. The van der Waals surface area contributed by atoms with E-state index in [9.17, 15) is 14.3 Å². The third kappa shape index (κ3) is 2.18. The fourth-order valence-corrected chi connectivity index (χ4v) is 2.09. The molecule has 1 saturated heterocycles. The van der Waals surface area contributed by atoms with Crippen LogP contribution in [0.5, 0.6) is 0 Å². The van der Waals surface area contributed by atoms with Crippen LogP contribution in [0.2, 0.25) is 0 Å². The largest absolute Gasteiger partial charge is 0.391 e. The lowest BCUT2D eigenvalue weighted by atomic mass is 10.3. The van der Waals surface area contributed by atoms with Crippen molar-refractivity contribution in [3.05, 3.63) is 28.5 Å². The Kier molecular flexibility index (Phi) is 2.75. The molecule has 80 valence electrons. The predicted molar refractivity (Wildman–Crippen MR) is 57.1 cm³/mol. The minimum atomic E-state index is -0.653. The van der Waals surface area contributed by atoms with Crippen molar-refractivity contribution in [1.29, 1.82) is 0 Å². The van der Waals surface area contributed by atoms with Crippen molar-refractivity contribution in [3.63, 3.8) is 0 Å². The smallest absolute Gasteiger partial charge is 0.229 e. The summed E-state index contributed by atoms with van der Waals surface area (Å²) < 4.78 is 13.7. The average Bonchev–Trinajstić information content (AvgIpc) is 2.43. The second-order valence-corrected chi connectivity index (χ2v) is 4.41. The van der Waals surface area contributed by atoms with Crippen LogP contribution in [-0.4, -0.2) is 23.7 Å². The molecule has 15 heavy (non-hydrogen) atoms. The standard InChI is InChI=1S/C10H9BrFNO2/c11-6-1-7(12)3-8(2-6)13-5-9(14)4-10(13)15/h1-3,9,14H,4-5H2. The van der Waals surface area contributed by atoms with E-state index in [1.807, 2.05) is 0 Å². The lowest BCUT2D eigenvalue weighted by molar-refractivity contribution is -0.117. The number of halogens is 2. The maximum Gasteiger partial charge on any atom is 0.229 e. The molecule has 0 aliphatic carbocycles. The third-order valence-corrected chi connectivity index (χ3v) is 2.72. The first-order valence-corrected chi connectivity index (χ1v) is 5.30. The van der Waals surface area contributed by atoms with E-state index >= 15 is 0 Å². The fourth-order valence-electron chi connectivity index (χ4n) is 1.63. The van der Waals surface area contributed by atoms with Crippen molar-refractivity contribution in [2.75, 3.05) is 11.4 Å². The molecule has 1 fully saturated rings. The van der Waals surface area contributed by atoms with E-state index in [2.05, 4.69) is 15.9 Å². The van der Waals surface area contributed by atoms with Gasteiger partial charge in [-0.05, 0) is 18.2 Å². The summed E-state index contributed by atoms with van der Waals surface area (Å²) in [7, 11) is 0. The zero-order valence-corrected chi connectivity index (χ0v) is 9.37. The first-order chi connectivity index (χ1) is 7.06. The molecule has 1 aliphatic rings. The number of benzene rings is 1. The number of carbonyl (C=O) groups excluding carboxylic acids is 1. The summed E-state index contributed by atoms with van der Waals surface area (Å²) in [5, 5.41) is 9.30. The zero-order valence-electron chi connectivity index (χ0n) is 7.78. The molecule has 5 heteroatoms. The SMILES string of the molecule is O=C1CC(O)CN1c1cc(F)cc(Br)c1. The maximum atomic E-state index is 13.1. The minimum Gasteiger partial charge on any atom is -0.391 e. The Morgan fingerprint density at radius 1 is 1.47 bits per heavy atom. The highest BCUT2D eigenvalue weighted by atomic mass is 79.9. The summed E-state index contributed by atoms with van der Waals surface area (Å²) in [6.45, 7) is 0.231. The second-order valence-electron chi connectivity index (χ2n) is 3.49. The van der Waals surface area contributed by atoms with Gasteiger partial charge in [0.2, 0.25) is 5.91 Å². The molecule has 0 spiro atoms. The highest BCUT2D eigenvalue weighted by molar-refractivity contribution is 9.10. The Morgan fingerprint density at radius 2 is 2.20 bits per heavy atom. The van der Waals surface area contributed by atoms with E-state index in [0.717, 1.165) is 0 Å². The van der Waals surface area contributed by atoms with E-state index < -0.39 is 11.9 Å². The van der Waals surface area contributed by atoms with Crippen molar-refractivity contribution in [1.82, 2.24) is 0 Å². The maximum absolute atomic E-state index is 13.1. The number of rotatable bonds is 1. The molecule has 1 atom stereocenters. The second kappa shape index (κ2) is 3.90.